The number of hydrogen-bond acceptors (Lipinski definition) is 10. The van der Waals surface area contributed by atoms with Crippen molar-refractivity contribution < 1.29 is 33.7 Å². The number of oxime groups is 1. The molecule has 2 fully saturated rings. The maximum absolute atomic E-state index is 13.2. The highest BCUT2D eigenvalue weighted by atomic mass is 32.2. The molecule has 3 N–H and O–H groups in total. The highest BCUT2D eigenvalue weighted by Crippen LogP contribution is 2.40. The predicted octanol–water partition coefficient (Wildman–Crippen LogP) is 0.274. The summed E-state index contributed by atoms with van der Waals surface area (Å²) in [5.41, 5.74) is 0.607. The molecule has 37 heavy (non-hydrogen) atoms. The average Bonchev–Trinajstić information content (AvgIpc) is 3.32. The van der Waals surface area contributed by atoms with Crippen molar-refractivity contribution in [1.82, 2.24) is 15.2 Å². The molecule has 3 amide bonds. The number of rotatable bonds is 10. The molecule has 2 saturated heterocycles. The predicted molar refractivity (Wildman–Crippen MR) is 137 cm³/mol. The number of aliphatic carboxylic acids is 1. The van der Waals surface area contributed by atoms with Crippen molar-refractivity contribution in [2.24, 2.45) is 5.16 Å². The first-order valence-corrected chi connectivity index (χ1v) is 14.2. The molecule has 5 rings (SSSR count). The van der Waals surface area contributed by atoms with Crippen LogP contribution in [0.1, 0.15) is 5.69 Å². The topological polar surface area (TPSA) is 154 Å². The number of anilines is 1. The Hall–Kier alpha value is -3.43. The quantitative estimate of drug-likeness (QED) is 0.122. The van der Waals surface area contributed by atoms with E-state index in [9.17, 15) is 24.3 Å². The fourth-order valence-electron chi connectivity index (χ4n) is 3.88. The van der Waals surface area contributed by atoms with Crippen LogP contribution < -0.4 is 15.2 Å². The number of nitrogens with one attached hydrogen (secondary N) is 2. The Morgan fingerprint density at radius 3 is 2.76 bits per heavy atom. The van der Waals surface area contributed by atoms with Crippen molar-refractivity contribution in [3.8, 4) is 0 Å². The molecule has 0 aliphatic carbocycles. The van der Waals surface area contributed by atoms with Crippen molar-refractivity contribution in [2.75, 3.05) is 22.6 Å². The molecule has 0 saturated carbocycles. The Labute approximate surface area is 223 Å². The SMILES string of the molecule is O=CNc1nc(C(=NOC2CSC2)C(=O)NC2C(=O)N3C(C(=O)O)=C(C[n+]4ccccc4)CS[C@H]23)cs1. The zero-order valence-electron chi connectivity index (χ0n) is 19.1. The van der Waals surface area contributed by atoms with Crippen LogP contribution in [0, 0.1) is 0 Å². The van der Waals surface area contributed by atoms with Crippen LogP contribution in [0.3, 0.4) is 0 Å². The molecule has 2 atom stereocenters. The van der Waals surface area contributed by atoms with Crippen molar-refractivity contribution in [3.63, 3.8) is 0 Å². The number of carboxylic acid groups (broad SMARTS) is 1. The summed E-state index contributed by atoms with van der Waals surface area (Å²) in [5.74, 6) is -0.510. The van der Waals surface area contributed by atoms with E-state index in [2.05, 4.69) is 20.8 Å². The first-order chi connectivity index (χ1) is 18.0. The summed E-state index contributed by atoms with van der Waals surface area (Å²) in [6.07, 6.45) is 3.99. The van der Waals surface area contributed by atoms with Gasteiger partial charge >= 0.3 is 5.97 Å². The van der Waals surface area contributed by atoms with Crippen LogP contribution in [0.5, 0.6) is 0 Å². The third-order valence-corrected chi connectivity index (χ3v) is 9.06. The van der Waals surface area contributed by atoms with E-state index in [1.165, 1.54) is 16.7 Å². The van der Waals surface area contributed by atoms with Crippen LogP contribution in [0.15, 0.2) is 52.4 Å². The van der Waals surface area contributed by atoms with Gasteiger partial charge in [-0.25, -0.2) is 14.3 Å². The Balaban J connectivity index is 1.33. The van der Waals surface area contributed by atoms with Gasteiger partial charge in [-0.05, 0) is 0 Å². The maximum Gasteiger partial charge on any atom is 0.352 e. The van der Waals surface area contributed by atoms with Gasteiger partial charge in [0.1, 0.15) is 28.9 Å². The van der Waals surface area contributed by atoms with E-state index >= 15 is 0 Å². The number of thioether (sulfide) groups is 2. The minimum atomic E-state index is -1.19. The summed E-state index contributed by atoms with van der Waals surface area (Å²) >= 11 is 4.18. The Bertz CT molecular complexity index is 1290. The van der Waals surface area contributed by atoms with Crippen molar-refractivity contribution in [3.05, 3.63) is 52.9 Å². The Kier molecular flexibility index (Phi) is 7.43. The van der Waals surface area contributed by atoms with E-state index in [4.69, 9.17) is 4.84 Å². The standard InChI is InChI=1S/C22H20N6O6S3/c29-11-23-22-24-14(10-37-22)15(26-34-13-8-35-9-13)18(30)25-16-19(31)28-17(21(32)33)12(7-36-20(16)28)6-27-4-2-1-3-5-27/h1-5,10-11,13,16,20H,6-9H2,(H2-,23,24,25,29,30,32,33)/p+1/t16?,20-/m1/s1. The molecule has 1 unspecified atom stereocenters. The van der Waals surface area contributed by atoms with E-state index < -0.39 is 29.2 Å². The number of carbonyl (C=O) groups excluding carboxylic acids is 3. The number of pyridine rings is 1. The second-order valence-corrected chi connectivity index (χ2v) is 11.2. The number of fused-ring (bicyclic) bond motifs is 1. The van der Waals surface area contributed by atoms with E-state index in [0.29, 0.717) is 24.3 Å². The van der Waals surface area contributed by atoms with Crippen molar-refractivity contribution >= 4 is 69.9 Å². The number of amides is 3. The molecule has 0 aromatic carbocycles. The molecule has 12 nitrogen and oxygen atoms in total. The average molecular weight is 562 g/mol. The molecule has 3 aliphatic heterocycles. The molecule has 2 aromatic rings. The molecular weight excluding hydrogens is 540 g/mol. The van der Waals surface area contributed by atoms with Crippen molar-refractivity contribution in [1.29, 1.82) is 0 Å². The zero-order valence-corrected chi connectivity index (χ0v) is 21.6. The largest absolute Gasteiger partial charge is 0.477 e. The monoisotopic (exact) mass is 561 g/mol. The van der Waals surface area contributed by atoms with Gasteiger partial charge in [-0.1, -0.05) is 11.2 Å². The second-order valence-electron chi connectivity index (χ2n) is 8.17. The van der Waals surface area contributed by atoms with E-state index in [0.717, 1.165) is 22.8 Å². The summed E-state index contributed by atoms with van der Waals surface area (Å²) < 4.78 is 1.84. The van der Waals surface area contributed by atoms with Gasteiger partial charge in [0.25, 0.3) is 11.8 Å². The third kappa shape index (κ3) is 5.19. The van der Waals surface area contributed by atoms with Crippen LogP contribution in [0.4, 0.5) is 5.13 Å². The van der Waals surface area contributed by atoms with Crippen LogP contribution in [0.25, 0.3) is 0 Å². The first-order valence-electron chi connectivity index (χ1n) is 11.1. The van der Waals surface area contributed by atoms with E-state index in [1.807, 2.05) is 35.2 Å². The lowest BCUT2D eigenvalue weighted by Gasteiger charge is -2.49. The van der Waals surface area contributed by atoms with Crippen molar-refractivity contribution in [2.45, 2.75) is 24.1 Å². The highest BCUT2D eigenvalue weighted by Gasteiger charge is 2.54. The third-order valence-electron chi connectivity index (χ3n) is 5.73. The number of thiazole rings is 1. The zero-order chi connectivity index (χ0) is 25.9. The summed E-state index contributed by atoms with van der Waals surface area (Å²) in [4.78, 5) is 60.0. The van der Waals surface area contributed by atoms with Gasteiger partial charge in [-0.3, -0.25) is 19.3 Å². The fourth-order valence-corrected chi connectivity index (χ4v) is 6.42. The number of hydrogen-bond donors (Lipinski definition) is 3. The van der Waals surface area contributed by atoms with Crippen LogP contribution in [-0.2, 0) is 30.6 Å². The molecular formula is C22H21N6O6S3+. The lowest BCUT2D eigenvalue weighted by atomic mass is 10.0. The summed E-state index contributed by atoms with van der Waals surface area (Å²) in [5, 5.41) is 20.3. The molecule has 15 heteroatoms. The van der Waals surface area contributed by atoms with Gasteiger partial charge in [-0.2, -0.15) is 11.8 Å². The summed E-state index contributed by atoms with van der Waals surface area (Å²) in [6.45, 7) is 0.331. The Morgan fingerprint density at radius 1 is 1.30 bits per heavy atom. The highest BCUT2D eigenvalue weighted by molar-refractivity contribution is 8.00. The first kappa shape index (κ1) is 25.2. The smallest absolute Gasteiger partial charge is 0.352 e. The number of carbonyl (C=O) groups is 4. The Morgan fingerprint density at radius 2 is 2.08 bits per heavy atom. The molecule has 0 radical (unpaired) electrons. The molecule has 192 valence electrons. The van der Waals surface area contributed by atoms with Crippen LogP contribution >= 0.6 is 34.9 Å². The normalized spacial score (nSPS) is 21.5. The van der Waals surface area contributed by atoms with E-state index in [-0.39, 0.29) is 28.3 Å². The lowest BCUT2D eigenvalue weighted by Crippen LogP contribution is -2.71. The fraction of sp³-hybridized carbons (Fsp3) is 0.318. The van der Waals surface area contributed by atoms with Gasteiger partial charge in [0, 0.05) is 40.3 Å². The minimum absolute atomic E-state index is 0.0561. The molecule has 0 spiro atoms. The molecule has 0 bridgehead atoms. The number of aromatic nitrogens is 2. The van der Waals surface area contributed by atoms with Gasteiger partial charge < -0.3 is 20.6 Å². The van der Waals surface area contributed by atoms with Gasteiger partial charge in [0.05, 0.1) is 0 Å². The van der Waals surface area contributed by atoms with Gasteiger partial charge in [-0.15, -0.1) is 23.1 Å². The van der Waals surface area contributed by atoms with Crippen LogP contribution in [0.2, 0.25) is 0 Å². The summed E-state index contributed by atoms with van der Waals surface area (Å²) in [7, 11) is 0. The maximum atomic E-state index is 13.2. The minimum Gasteiger partial charge on any atom is -0.477 e. The molecule has 5 heterocycles. The lowest BCUT2D eigenvalue weighted by molar-refractivity contribution is -0.689. The summed E-state index contributed by atoms with van der Waals surface area (Å²) in [6, 6.07) is 4.61. The number of β-lactam (4-membered cyclic amide) rings is 1. The van der Waals surface area contributed by atoms with Crippen LogP contribution in [-0.4, -0.2) is 79.7 Å². The number of carboxylic acids is 1. The molecule has 2 aromatic heterocycles. The second kappa shape index (κ2) is 10.9. The molecule has 3 aliphatic rings. The van der Waals surface area contributed by atoms with Gasteiger partial charge in [0.15, 0.2) is 29.8 Å². The number of nitrogens with zero attached hydrogens (tertiary/aromatic N) is 4. The van der Waals surface area contributed by atoms with Gasteiger partial charge in [0.2, 0.25) is 6.41 Å². The van der Waals surface area contributed by atoms with E-state index in [1.54, 1.807) is 17.1 Å².